The molecule has 0 heterocycles. The fourth-order valence-electron chi connectivity index (χ4n) is 8.10. The van der Waals surface area contributed by atoms with E-state index in [1.54, 1.807) is 0 Å². The quantitative estimate of drug-likeness (QED) is 0.0321. The van der Waals surface area contributed by atoms with Crippen LogP contribution in [0, 0.1) is 0 Å². The van der Waals surface area contributed by atoms with Gasteiger partial charge >= 0.3 is 5.97 Å². The zero-order valence-electron chi connectivity index (χ0n) is 42.9. The minimum atomic E-state index is -0.806. The molecule has 0 rings (SSSR count). The van der Waals surface area contributed by atoms with Crippen LogP contribution in [0.15, 0.2) is 72.9 Å². The van der Waals surface area contributed by atoms with Crippen LogP contribution in [-0.2, 0) is 14.3 Å². The SMILES string of the molecule is CC/C=C\C/C=C\C/C=C\C/C=C\C/C=C\CCCC(CC(=O)NC(CO)C(O)CCCCCCCCCCCCCC)OC(=O)CCCCCCCCC/C=C/CCCCCCCC. The van der Waals surface area contributed by atoms with Gasteiger partial charge < -0.3 is 20.3 Å². The molecule has 3 atom stereocenters. The van der Waals surface area contributed by atoms with Gasteiger partial charge in [-0.15, -0.1) is 0 Å². The number of amides is 1. The molecule has 0 aliphatic carbocycles. The normalized spacial score (nSPS) is 13.7. The number of hydrogen-bond donors (Lipinski definition) is 3. The highest BCUT2D eigenvalue weighted by molar-refractivity contribution is 5.77. The monoisotopic (exact) mass is 908 g/mol. The van der Waals surface area contributed by atoms with E-state index in [1.165, 1.54) is 135 Å². The van der Waals surface area contributed by atoms with E-state index in [4.69, 9.17) is 4.74 Å². The summed E-state index contributed by atoms with van der Waals surface area (Å²) in [5.74, 6) is -0.532. The second-order valence-electron chi connectivity index (χ2n) is 18.6. The number of unbranched alkanes of at least 4 members (excludes halogenated alkanes) is 25. The first-order chi connectivity index (χ1) is 32.0. The van der Waals surface area contributed by atoms with Crippen molar-refractivity contribution in [1.29, 1.82) is 0 Å². The Balaban J connectivity index is 4.68. The number of rotatable bonds is 49. The van der Waals surface area contributed by atoms with Gasteiger partial charge in [0, 0.05) is 6.42 Å². The lowest BCUT2D eigenvalue weighted by molar-refractivity contribution is -0.151. The summed E-state index contributed by atoms with van der Waals surface area (Å²) in [7, 11) is 0. The lowest BCUT2D eigenvalue weighted by Gasteiger charge is -2.24. The van der Waals surface area contributed by atoms with E-state index in [2.05, 4.69) is 99.0 Å². The van der Waals surface area contributed by atoms with E-state index in [0.717, 1.165) is 83.5 Å². The third-order valence-corrected chi connectivity index (χ3v) is 12.3. The molecule has 376 valence electrons. The van der Waals surface area contributed by atoms with Gasteiger partial charge in [0.2, 0.25) is 5.91 Å². The highest BCUT2D eigenvalue weighted by Crippen LogP contribution is 2.17. The average Bonchev–Trinajstić information content (AvgIpc) is 3.30. The predicted molar refractivity (Wildman–Crippen MR) is 282 cm³/mol. The van der Waals surface area contributed by atoms with Crippen molar-refractivity contribution < 1.29 is 24.5 Å². The molecule has 3 unspecified atom stereocenters. The Kier molecular flexibility index (Phi) is 50.1. The Morgan fingerprint density at radius 3 is 1.31 bits per heavy atom. The van der Waals surface area contributed by atoms with Crippen molar-refractivity contribution in [3.8, 4) is 0 Å². The number of ether oxygens (including phenoxy) is 1. The Morgan fingerprint density at radius 1 is 0.462 bits per heavy atom. The van der Waals surface area contributed by atoms with Crippen LogP contribution in [-0.4, -0.2) is 46.9 Å². The maximum Gasteiger partial charge on any atom is 0.306 e. The molecule has 6 heteroatoms. The standard InChI is InChI=1S/C59H105NO5/c1-4-7-10-13-16-19-22-25-27-29-31-33-35-38-41-44-47-50-55(65-59(64)52-49-46-43-40-37-34-32-30-28-26-23-20-17-14-11-8-5-2)53-58(63)60-56(54-61)57(62)51-48-45-42-39-36-24-21-18-15-12-9-6-3/h7,10,16,19,25-28,31,33,38,41,55-57,61-62H,4-6,8-9,11-15,17-18,20-24,29-30,32,34-37,39-40,42-54H2,1-3H3,(H,60,63)/b10-7-,19-16-,27-25-,28-26+,33-31-,41-38-. The molecular formula is C59H105NO5. The van der Waals surface area contributed by atoms with Crippen LogP contribution in [0.4, 0.5) is 0 Å². The van der Waals surface area contributed by atoms with E-state index in [-0.39, 0.29) is 24.9 Å². The fraction of sp³-hybridized carbons (Fsp3) is 0.763. The number of allylic oxidation sites excluding steroid dienone is 12. The van der Waals surface area contributed by atoms with Crippen molar-refractivity contribution in [2.24, 2.45) is 0 Å². The third kappa shape index (κ3) is 47.6. The highest BCUT2D eigenvalue weighted by Gasteiger charge is 2.24. The third-order valence-electron chi connectivity index (χ3n) is 12.3. The smallest absolute Gasteiger partial charge is 0.306 e. The lowest BCUT2D eigenvalue weighted by atomic mass is 10.0. The number of esters is 1. The summed E-state index contributed by atoms with van der Waals surface area (Å²) in [5, 5.41) is 23.8. The number of carbonyl (C=O) groups is 2. The summed E-state index contributed by atoms with van der Waals surface area (Å²) in [6, 6.07) is -0.723. The van der Waals surface area contributed by atoms with Crippen LogP contribution in [0.2, 0.25) is 0 Å². The second kappa shape index (κ2) is 52.3. The highest BCUT2D eigenvalue weighted by atomic mass is 16.5. The molecule has 0 radical (unpaired) electrons. The summed E-state index contributed by atoms with van der Waals surface area (Å²) in [6.07, 6.45) is 66.8. The van der Waals surface area contributed by atoms with Crippen molar-refractivity contribution >= 4 is 11.9 Å². The molecule has 0 aliphatic rings. The van der Waals surface area contributed by atoms with Gasteiger partial charge in [-0.2, -0.15) is 0 Å². The maximum absolute atomic E-state index is 13.2. The molecule has 3 N–H and O–H groups in total. The van der Waals surface area contributed by atoms with Crippen molar-refractivity contribution in [2.45, 2.75) is 283 Å². The van der Waals surface area contributed by atoms with Crippen LogP contribution in [0.3, 0.4) is 0 Å². The number of carbonyl (C=O) groups excluding carboxylic acids is 2. The number of nitrogens with one attached hydrogen (secondary N) is 1. The molecule has 6 nitrogen and oxygen atoms in total. The van der Waals surface area contributed by atoms with Crippen LogP contribution in [0.25, 0.3) is 0 Å². The second-order valence-corrected chi connectivity index (χ2v) is 18.6. The molecule has 0 saturated carbocycles. The molecular weight excluding hydrogens is 803 g/mol. The van der Waals surface area contributed by atoms with Gasteiger partial charge in [0.05, 0.1) is 25.2 Å². The number of aliphatic hydroxyl groups is 2. The molecule has 0 aliphatic heterocycles. The summed E-state index contributed by atoms with van der Waals surface area (Å²) in [6.45, 7) is 6.36. The van der Waals surface area contributed by atoms with Crippen molar-refractivity contribution in [3.05, 3.63) is 72.9 Å². The van der Waals surface area contributed by atoms with E-state index >= 15 is 0 Å². The lowest BCUT2D eigenvalue weighted by Crippen LogP contribution is -2.46. The van der Waals surface area contributed by atoms with E-state index < -0.39 is 18.2 Å². The Morgan fingerprint density at radius 2 is 0.846 bits per heavy atom. The van der Waals surface area contributed by atoms with Gasteiger partial charge in [0.1, 0.15) is 6.10 Å². The molecule has 65 heavy (non-hydrogen) atoms. The molecule has 0 aromatic carbocycles. The van der Waals surface area contributed by atoms with Crippen LogP contribution in [0.1, 0.15) is 265 Å². The number of aliphatic hydroxyl groups excluding tert-OH is 2. The minimum absolute atomic E-state index is 0.0352. The Bertz CT molecular complexity index is 1200. The Hall–Kier alpha value is -2.70. The van der Waals surface area contributed by atoms with Crippen molar-refractivity contribution in [3.63, 3.8) is 0 Å². The van der Waals surface area contributed by atoms with Crippen LogP contribution >= 0.6 is 0 Å². The zero-order chi connectivity index (χ0) is 47.4. The van der Waals surface area contributed by atoms with Crippen molar-refractivity contribution in [2.75, 3.05) is 6.61 Å². The summed E-state index contributed by atoms with van der Waals surface area (Å²) >= 11 is 0. The van der Waals surface area contributed by atoms with Crippen LogP contribution < -0.4 is 5.32 Å². The largest absolute Gasteiger partial charge is 0.462 e. The fourth-order valence-corrected chi connectivity index (χ4v) is 8.10. The molecule has 0 aromatic rings. The first kappa shape index (κ1) is 62.3. The van der Waals surface area contributed by atoms with E-state index in [9.17, 15) is 19.8 Å². The Labute approximate surface area is 402 Å². The molecule has 0 bridgehead atoms. The molecule has 0 aromatic heterocycles. The number of hydrogen-bond acceptors (Lipinski definition) is 5. The minimum Gasteiger partial charge on any atom is -0.462 e. The van der Waals surface area contributed by atoms with Gasteiger partial charge in [0.15, 0.2) is 0 Å². The van der Waals surface area contributed by atoms with Gasteiger partial charge in [-0.3, -0.25) is 9.59 Å². The van der Waals surface area contributed by atoms with E-state index in [0.29, 0.717) is 19.3 Å². The molecule has 1 amide bonds. The zero-order valence-corrected chi connectivity index (χ0v) is 42.9. The van der Waals surface area contributed by atoms with Gasteiger partial charge in [-0.25, -0.2) is 0 Å². The van der Waals surface area contributed by atoms with Gasteiger partial charge in [-0.1, -0.05) is 235 Å². The first-order valence-corrected chi connectivity index (χ1v) is 27.7. The predicted octanol–water partition coefficient (Wildman–Crippen LogP) is 17.0. The molecule has 0 saturated heterocycles. The maximum atomic E-state index is 13.2. The van der Waals surface area contributed by atoms with Gasteiger partial charge in [-0.05, 0) is 89.9 Å². The van der Waals surface area contributed by atoms with E-state index in [1.807, 2.05) is 0 Å². The van der Waals surface area contributed by atoms with Crippen molar-refractivity contribution in [1.82, 2.24) is 5.32 Å². The summed E-state index contributed by atoms with van der Waals surface area (Å²) < 4.78 is 5.92. The average molecular weight is 908 g/mol. The summed E-state index contributed by atoms with van der Waals surface area (Å²) in [4.78, 5) is 26.2. The first-order valence-electron chi connectivity index (χ1n) is 27.7. The topological polar surface area (TPSA) is 95.9 Å². The molecule has 0 spiro atoms. The van der Waals surface area contributed by atoms with Crippen LogP contribution in [0.5, 0.6) is 0 Å². The molecule has 0 fully saturated rings. The summed E-state index contributed by atoms with van der Waals surface area (Å²) in [5.41, 5.74) is 0. The van der Waals surface area contributed by atoms with Gasteiger partial charge in [0.25, 0.3) is 0 Å².